The quantitative estimate of drug-likeness (QED) is 0.224. The van der Waals surface area contributed by atoms with Crippen molar-refractivity contribution in [2.45, 2.75) is 0 Å². The van der Waals surface area contributed by atoms with E-state index in [1.165, 1.54) is 0 Å². The average molecular weight is 316 g/mol. The highest BCUT2D eigenvalue weighted by molar-refractivity contribution is 6.66. The lowest BCUT2D eigenvalue weighted by molar-refractivity contribution is 1.28. The number of hydrogen-bond acceptors (Lipinski definition) is 7. The predicted molar refractivity (Wildman–Crippen MR) is 81.8 cm³/mol. The smallest absolute Gasteiger partial charge is 0.155 e. The van der Waals surface area contributed by atoms with Gasteiger partial charge in [-0.05, 0) is 0 Å². The van der Waals surface area contributed by atoms with Crippen LogP contribution in [0.15, 0.2) is 0 Å². The molecule has 7 nitrogen and oxygen atoms in total. The van der Waals surface area contributed by atoms with E-state index in [2.05, 4.69) is 32.5 Å². The standard InChI is InChI=1S/H21N7Si7/c1-8-2-10-4-12-6-14-7-13-5-11-3-9-1/h1-7H,8-14H2. The maximum absolute atomic E-state index is 3.58. The SMILES string of the molecule is N1[SiH2]N[SiH2]N[SiH2]N[SiH2]N[SiH2]N[SiH2]N[SiH2]1. The monoisotopic (exact) mass is 315 g/mol. The molecule has 84 valence electrons. The molecule has 0 aromatic carbocycles. The van der Waals surface area contributed by atoms with Crippen molar-refractivity contribution in [1.29, 1.82) is 0 Å². The minimum absolute atomic E-state index is 0.139. The molecule has 14 heteroatoms. The first-order valence-electron chi connectivity index (χ1n) is 4.95. The Morgan fingerprint density at radius 3 is 0.571 bits per heavy atom. The second kappa shape index (κ2) is 10.7. The van der Waals surface area contributed by atoms with E-state index in [9.17, 15) is 0 Å². The third-order valence-electron chi connectivity index (χ3n) is 1.75. The molecule has 0 aromatic heterocycles. The average Bonchev–Trinajstić information content (AvgIpc) is 2.22. The van der Waals surface area contributed by atoms with Gasteiger partial charge in [0.05, 0.1) is 0 Å². The van der Waals surface area contributed by atoms with E-state index in [1.807, 2.05) is 0 Å². The summed E-state index contributed by atoms with van der Waals surface area (Å²) < 4.78 is 25.1. The van der Waals surface area contributed by atoms with Gasteiger partial charge in [0.25, 0.3) is 0 Å². The normalized spacial score (nSPS) is 36.0. The van der Waals surface area contributed by atoms with Gasteiger partial charge < -0.3 is 32.5 Å². The summed E-state index contributed by atoms with van der Waals surface area (Å²) in [4.78, 5) is 0. The zero-order valence-electron chi connectivity index (χ0n) is 8.45. The van der Waals surface area contributed by atoms with Crippen LogP contribution in [0.25, 0.3) is 0 Å². The largest absolute Gasteiger partial charge is 0.346 e. The second-order valence-electron chi connectivity index (χ2n) is 2.99. The summed E-state index contributed by atoms with van der Waals surface area (Å²) in [5.41, 5.74) is 0. The molecule has 0 aromatic rings. The molecule has 0 unspecified atom stereocenters. The highest BCUT2D eigenvalue weighted by Gasteiger charge is 1.93. The molecule has 0 bridgehead atoms. The van der Waals surface area contributed by atoms with Gasteiger partial charge in [0.15, 0.2) is 68.9 Å². The molecule has 0 aliphatic carbocycles. The van der Waals surface area contributed by atoms with Crippen LogP contribution in [0, 0.1) is 0 Å². The summed E-state index contributed by atoms with van der Waals surface area (Å²) in [6.07, 6.45) is 0. The van der Waals surface area contributed by atoms with Crippen LogP contribution in [0.3, 0.4) is 0 Å². The summed E-state index contributed by atoms with van der Waals surface area (Å²) >= 11 is 0. The van der Waals surface area contributed by atoms with Crippen LogP contribution >= 0.6 is 0 Å². The minimum Gasteiger partial charge on any atom is -0.346 e. The Morgan fingerprint density at radius 2 is 0.429 bits per heavy atom. The first-order valence-corrected chi connectivity index (χ1v) is 14.8. The fraction of sp³-hybridized carbons (Fsp3) is 0. The molecule has 1 aliphatic rings. The summed E-state index contributed by atoms with van der Waals surface area (Å²) in [5.74, 6) is 0. The topological polar surface area (TPSA) is 84.2 Å². The molecule has 0 spiro atoms. The van der Waals surface area contributed by atoms with Crippen LogP contribution in [-0.2, 0) is 0 Å². The van der Waals surface area contributed by atoms with Gasteiger partial charge >= 0.3 is 0 Å². The van der Waals surface area contributed by atoms with Crippen molar-refractivity contribution in [3.05, 3.63) is 0 Å². The van der Waals surface area contributed by atoms with Crippen molar-refractivity contribution in [2.75, 3.05) is 0 Å². The molecule has 1 heterocycles. The van der Waals surface area contributed by atoms with E-state index in [0.29, 0.717) is 0 Å². The van der Waals surface area contributed by atoms with Crippen molar-refractivity contribution in [3.63, 3.8) is 0 Å². The predicted octanol–water partition coefficient (Wildman–Crippen LogP) is -9.88. The van der Waals surface area contributed by atoms with Gasteiger partial charge in [0.2, 0.25) is 0 Å². The van der Waals surface area contributed by atoms with E-state index in [-0.39, 0.29) is 68.9 Å². The fourth-order valence-electron chi connectivity index (χ4n) is 1.06. The van der Waals surface area contributed by atoms with Gasteiger partial charge in [-0.15, -0.1) is 0 Å². The molecular formula is H21N7Si7. The van der Waals surface area contributed by atoms with Crippen LogP contribution in [0.1, 0.15) is 0 Å². The van der Waals surface area contributed by atoms with Crippen molar-refractivity contribution < 1.29 is 0 Å². The van der Waals surface area contributed by atoms with Crippen molar-refractivity contribution in [1.82, 2.24) is 32.5 Å². The molecule has 0 saturated carbocycles. The Hall–Kier alpha value is 1.24. The summed E-state index contributed by atoms with van der Waals surface area (Å²) in [7, 11) is -0.970. The van der Waals surface area contributed by atoms with E-state index >= 15 is 0 Å². The van der Waals surface area contributed by atoms with Crippen LogP contribution < -0.4 is 32.5 Å². The van der Waals surface area contributed by atoms with Gasteiger partial charge in [0.1, 0.15) is 0 Å². The van der Waals surface area contributed by atoms with E-state index < -0.39 is 0 Å². The summed E-state index contributed by atoms with van der Waals surface area (Å²) in [5, 5.41) is 0. The summed E-state index contributed by atoms with van der Waals surface area (Å²) in [6.45, 7) is 0. The fourth-order valence-corrected chi connectivity index (χ4v) is 20.6. The first kappa shape index (κ1) is 13.3. The minimum atomic E-state index is -0.139. The van der Waals surface area contributed by atoms with E-state index in [4.69, 9.17) is 0 Å². The van der Waals surface area contributed by atoms with Gasteiger partial charge in [-0.3, -0.25) is 0 Å². The first-order chi connectivity index (χ1) is 7.00. The van der Waals surface area contributed by atoms with E-state index in [1.54, 1.807) is 0 Å². The van der Waals surface area contributed by atoms with Crippen molar-refractivity contribution in [2.24, 2.45) is 0 Å². The zero-order valence-corrected chi connectivity index (χ0v) is 18.3. The van der Waals surface area contributed by atoms with Crippen molar-refractivity contribution in [3.8, 4) is 0 Å². The van der Waals surface area contributed by atoms with E-state index in [0.717, 1.165) is 0 Å². The molecule has 1 aliphatic heterocycles. The molecule has 1 fully saturated rings. The third-order valence-corrected chi connectivity index (χ3v) is 15.7. The maximum atomic E-state index is 3.58. The highest BCUT2D eigenvalue weighted by atomic mass is 28.4. The zero-order chi connectivity index (χ0) is 9.90. The Bertz CT molecular complexity index is 67.3. The lowest BCUT2D eigenvalue weighted by Gasteiger charge is -2.11. The Balaban J connectivity index is 2.00. The molecule has 0 radical (unpaired) electrons. The van der Waals surface area contributed by atoms with Gasteiger partial charge in [-0.25, -0.2) is 0 Å². The second-order valence-corrected chi connectivity index (χ2v) is 19.5. The highest BCUT2D eigenvalue weighted by Crippen LogP contribution is 1.47. The van der Waals surface area contributed by atoms with Gasteiger partial charge in [-0.1, -0.05) is 0 Å². The molecular weight excluding hydrogens is 295 g/mol. The molecule has 0 atom stereocenters. The third kappa shape index (κ3) is 8.54. The maximum Gasteiger partial charge on any atom is 0.155 e. The number of rotatable bonds is 0. The number of hydrogen-bond donors (Lipinski definition) is 7. The molecule has 1 rings (SSSR count). The summed E-state index contributed by atoms with van der Waals surface area (Å²) in [6, 6.07) is 0. The molecule has 1 saturated heterocycles. The van der Waals surface area contributed by atoms with Gasteiger partial charge in [0, 0.05) is 0 Å². The van der Waals surface area contributed by atoms with Crippen LogP contribution in [0.2, 0.25) is 0 Å². The lowest BCUT2D eigenvalue weighted by atomic mass is 13.7. The molecule has 14 heavy (non-hydrogen) atoms. The lowest BCUT2D eigenvalue weighted by Crippen LogP contribution is -2.55. The number of nitrogens with one attached hydrogen (secondary N) is 7. The van der Waals surface area contributed by atoms with Crippen LogP contribution in [0.5, 0.6) is 0 Å². The van der Waals surface area contributed by atoms with Crippen LogP contribution in [-0.4, -0.2) is 68.9 Å². The molecule has 0 amide bonds. The van der Waals surface area contributed by atoms with Crippen molar-refractivity contribution >= 4 is 68.9 Å². The van der Waals surface area contributed by atoms with Gasteiger partial charge in [-0.2, -0.15) is 0 Å². The Morgan fingerprint density at radius 1 is 0.286 bits per heavy atom. The van der Waals surface area contributed by atoms with Crippen LogP contribution in [0.4, 0.5) is 0 Å². The molecule has 7 N–H and O–H groups in total. The Kier molecular flexibility index (Phi) is 10.2. The Labute approximate surface area is 101 Å².